The van der Waals surface area contributed by atoms with E-state index in [1.54, 1.807) is 12.5 Å². The monoisotopic (exact) mass is 126 g/mol. The topological polar surface area (TPSA) is 30.2 Å². The van der Waals surface area contributed by atoms with Crippen molar-refractivity contribution in [2.24, 2.45) is 0 Å². The third-order valence-electron chi connectivity index (χ3n) is 0.425. The third kappa shape index (κ3) is 10.9. The van der Waals surface area contributed by atoms with Crippen LogP contribution in [0.15, 0.2) is 29.1 Å². The molecule has 0 saturated carbocycles. The average molecular weight is 126 g/mol. The van der Waals surface area contributed by atoms with Crippen molar-refractivity contribution in [2.75, 3.05) is 0 Å². The van der Waals surface area contributed by atoms with Crippen molar-refractivity contribution in [3.05, 3.63) is 24.7 Å². The molecule has 1 heterocycles. The molecule has 0 aliphatic rings. The van der Waals surface area contributed by atoms with E-state index < -0.39 is 0 Å². The van der Waals surface area contributed by atoms with E-state index in [0.717, 1.165) is 0 Å². The number of hydrogen-bond acceptors (Lipinski definition) is 2. The van der Waals surface area contributed by atoms with Gasteiger partial charge in [0, 0.05) is 0 Å². The molecule has 1 aromatic rings. The highest BCUT2D eigenvalue weighted by atomic mass is 16.3. The zero-order valence-corrected chi connectivity index (χ0v) is 5.63. The Kier molecular flexibility index (Phi) is 4.50. The Bertz CT molecular complexity index is 121. The first-order valence-corrected chi connectivity index (χ1v) is 2.68. The van der Waals surface area contributed by atoms with E-state index >= 15 is 0 Å². The highest BCUT2D eigenvalue weighted by Gasteiger charge is 1.62. The van der Waals surface area contributed by atoms with Crippen LogP contribution < -0.4 is 0 Å². The van der Waals surface area contributed by atoms with Gasteiger partial charge in [0.1, 0.15) is 5.78 Å². The minimum absolute atomic E-state index is 0.167. The molecule has 0 atom stereocenters. The zero-order chi connectivity index (χ0) is 7.11. The first-order chi connectivity index (χ1) is 4.23. The number of ketones is 1. The van der Waals surface area contributed by atoms with Crippen LogP contribution in [0.5, 0.6) is 0 Å². The van der Waals surface area contributed by atoms with Gasteiger partial charge in [0.15, 0.2) is 0 Å². The SMILES string of the molecule is CC(C)=O.c1ccoc1. The maximum absolute atomic E-state index is 9.44. The summed E-state index contributed by atoms with van der Waals surface area (Å²) in [5, 5.41) is 0. The molecule has 0 radical (unpaired) electrons. The van der Waals surface area contributed by atoms with Gasteiger partial charge in [-0.05, 0) is 26.0 Å². The lowest BCUT2D eigenvalue weighted by atomic mass is 10.6. The molecule has 0 aromatic carbocycles. The molecule has 1 aromatic heterocycles. The molecule has 0 aliphatic carbocycles. The van der Waals surface area contributed by atoms with E-state index in [9.17, 15) is 4.79 Å². The van der Waals surface area contributed by atoms with Gasteiger partial charge in [0.05, 0.1) is 12.5 Å². The Morgan fingerprint density at radius 2 is 1.56 bits per heavy atom. The number of Topliss-reactive ketones (excluding diaryl/α,β-unsaturated/α-hetero) is 1. The maximum atomic E-state index is 9.44. The normalized spacial score (nSPS) is 7.33. The fraction of sp³-hybridized carbons (Fsp3) is 0.286. The van der Waals surface area contributed by atoms with Gasteiger partial charge in [-0.3, -0.25) is 0 Å². The number of furan rings is 1. The minimum Gasteiger partial charge on any atom is -0.473 e. The predicted molar refractivity (Wildman–Crippen MR) is 35.1 cm³/mol. The molecular formula is C7H10O2. The van der Waals surface area contributed by atoms with E-state index in [1.807, 2.05) is 12.1 Å². The second-order valence-electron chi connectivity index (χ2n) is 1.70. The van der Waals surface area contributed by atoms with E-state index in [4.69, 9.17) is 0 Å². The Hall–Kier alpha value is -1.05. The van der Waals surface area contributed by atoms with E-state index in [1.165, 1.54) is 13.8 Å². The van der Waals surface area contributed by atoms with Gasteiger partial charge in [0.25, 0.3) is 0 Å². The lowest BCUT2D eigenvalue weighted by Crippen LogP contribution is -1.69. The summed E-state index contributed by atoms with van der Waals surface area (Å²) in [6, 6.07) is 3.67. The smallest absolute Gasteiger partial charge is 0.126 e. The molecule has 0 bridgehead atoms. The summed E-state index contributed by atoms with van der Waals surface area (Å²) >= 11 is 0. The molecule has 0 unspecified atom stereocenters. The minimum atomic E-state index is 0.167. The van der Waals surface area contributed by atoms with Crippen LogP contribution in [0.2, 0.25) is 0 Å². The summed E-state index contributed by atoms with van der Waals surface area (Å²) in [7, 11) is 0. The first-order valence-electron chi connectivity index (χ1n) is 2.68. The fourth-order valence-corrected chi connectivity index (χ4v) is 0.227. The summed E-state index contributed by atoms with van der Waals surface area (Å²) in [5.74, 6) is 0.167. The first kappa shape index (κ1) is 7.95. The van der Waals surface area contributed by atoms with Crippen LogP contribution in [0, 0.1) is 0 Å². The van der Waals surface area contributed by atoms with Crippen molar-refractivity contribution in [2.45, 2.75) is 13.8 Å². The molecular weight excluding hydrogens is 116 g/mol. The summed E-state index contributed by atoms with van der Waals surface area (Å²) in [4.78, 5) is 9.44. The van der Waals surface area contributed by atoms with E-state index in [2.05, 4.69) is 4.42 Å². The second kappa shape index (κ2) is 5.09. The van der Waals surface area contributed by atoms with Crippen LogP contribution in [0.1, 0.15) is 13.8 Å². The van der Waals surface area contributed by atoms with Crippen molar-refractivity contribution >= 4 is 5.78 Å². The highest BCUT2D eigenvalue weighted by Crippen LogP contribution is 1.79. The Balaban J connectivity index is 0.000000148. The lowest BCUT2D eigenvalue weighted by molar-refractivity contribution is -0.114. The molecule has 1 rings (SSSR count). The Labute approximate surface area is 54.5 Å². The van der Waals surface area contributed by atoms with Crippen molar-refractivity contribution in [1.82, 2.24) is 0 Å². The van der Waals surface area contributed by atoms with Crippen LogP contribution in [0.25, 0.3) is 0 Å². The Morgan fingerprint density at radius 3 is 1.67 bits per heavy atom. The lowest BCUT2D eigenvalue weighted by Gasteiger charge is -1.56. The van der Waals surface area contributed by atoms with Crippen LogP contribution in [0.3, 0.4) is 0 Å². The predicted octanol–water partition coefficient (Wildman–Crippen LogP) is 1.87. The average Bonchev–Trinajstić information content (AvgIpc) is 2.11. The summed E-state index contributed by atoms with van der Waals surface area (Å²) in [6.07, 6.45) is 3.25. The molecule has 2 heteroatoms. The van der Waals surface area contributed by atoms with Gasteiger partial charge < -0.3 is 9.21 Å². The number of rotatable bonds is 0. The van der Waals surface area contributed by atoms with Gasteiger partial charge in [0.2, 0.25) is 0 Å². The molecule has 9 heavy (non-hydrogen) atoms. The number of carbonyl (C=O) groups excluding carboxylic acids is 1. The van der Waals surface area contributed by atoms with Gasteiger partial charge >= 0.3 is 0 Å². The summed E-state index contributed by atoms with van der Waals surface area (Å²) in [6.45, 7) is 3.06. The van der Waals surface area contributed by atoms with E-state index in [0.29, 0.717) is 0 Å². The molecule has 0 aliphatic heterocycles. The van der Waals surface area contributed by atoms with Crippen molar-refractivity contribution in [3.63, 3.8) is 0 Å². The van der Waals surface area contributed by atoms with Gasteiger partial charge in [-0.25, -0.2) is 0 Å². The van der Waals surface area contributed by atoms with Crippen LogP contribution >= 0.6 is 0 Å². The van der Waals surface area contributed by atoms with Gasteiger partial charge in [-0.1, -0.05) is 0 Å². The third-order valence-corrected chi connectivity index (χ3v) is 0.425. The Morgan fingerprint density at radius 1 is 1.22 bits per heavy atom. The van der Waals surface area contributed by atoms with Crippen LogP contribution in [-0.4, -0.2) is 5.78 Å². The van der Waals surface area contributed by atoms with Crippen molar-refractivity contribution in [3.8, 4) is 0 Å². The number of carbonyl (C=O) groups is 1. The van der Waals surface area contributed by atoms with Crippen LogP contribution in [-0.2, 0) is 4.79 Å². The highest BCUT2D eigenvalue weighted by molar-refractivity contribution is 5.72. The van der Waals surface area contributed by atoms with Gasteiger partial charge in [-0.15, -0.1) is 0 Å². The maximum Gasteiger partial charge on any atom is 0.126 e. The second-order valence-corrected chi connectivity index (χ2v) is 1.70. The molecule has 0 fully saturated rings. The molecule has 0 saturated heterocycles. The summed E-state index contributed by atoms with van der Waals surface area (Å²) < 4.78 is 4.58. The van der Waals surface area contributed by atoms with Crippen LogP contribution in [0.4, 0.5) is 0 Å². The van der Waals surface area contributed by atoms with Gasteiger partial charge in [-0.2, -0.15) is 0 Å². The standard InChI is InChI=1S/C4H4O.C3H6O/c1-2-4-5-3-1;1-3(2)4/h1-4H;1-2H3. The largest absolute Gasteiger partial charge is 0.473 e. The van der Waals surface area contributed by atoms with Crippen molar-refractivity contribution in [1.29, 1.82) is 0 Å². The molecule has 0 amide bonds. The van der Waals surface area contributed by atoms with E-state index in [-0.39, 0.29) is 5.78 Å². The molecule has 2 nitrogen and oxygen atoms in total. The quantitative estimate of drug-likeness (QED) is 0.531. The number of hydrogen-bond donors (Lipinski definition) is 0. The zero-order valence-electron chi connectivity index (χ0n) is 5.63. The molecule has 0 spiro atoms. The fourth-order valence-electron chi connectivity index (χ4n) is 0.227. The molecule has 50 valence electrons. The molecule has 0 N–H and O–H groups in total. The van der Waals surface area contributed by atoms with Crippen molar-refractivity contribution < 1.29 is 9.21 Å². The summed E-state index contributed by atoms with van der Waals surface area (Å²) in [5.41, 5.74) is 0.